The van der Waals surface area contributed by atoms with Crippen molar-refractivity contribution >= 4 is 0 Å². The molecule has 0 aliphatic heterocycles. The summed E-state index contributed by atoms with van der Waals surface area (Å²) in [5.41, 5.74) is 0. The molecule has 13 heavy (non-hydrogen) atoms. The number of aromatic nitrogens is 2. The monoisotopic (exact) mass is 183 g/mol. The highest BCUT2D eigenvalue weighted by atomic mass is 16.5. The Balaban J connectivity index is 2.11. The topological polar surface area (TPSA) is 49.9 Å². The van der Waals surface area contributed by atoms with Gasteiger partial charge in [0.2, 0.25) is 0 Å². The highest BCUT2D eigenvalue weighted by Gasteiger charge is 2.01. The van der Waals surface area contributed by atoms with Crippen molar-refractivity contribution in [2.75, 3.05) is 13.7 Å². The molecule has 0 bridgehead atoms. The Hall–Kier alpha value is -0.870. The molecule has 1 atom stereocenters. The van der Waals surface area contributed by atoms with Gasteiger partial charge >= 0.3 is 0 Å². The van der Waals surface area contributed by atoms with Crippen LogP contribution >= 0.6 is 0 Å². The van der Waals surface area contributed by atoms with Crippen molar-refractivity contribution in [1.29, 1.82) is 0 Å². The van der Waals surface area contributed by atoms with Crippen LogP contribution in [0.2, 0.25) is 0 Å². The molecule has 1 aromatic rings. The van der Waals surface area contributed by atoms with Crippen molar-refractivity contribution in [3.05, 3.63) is 18.2 Å². The number of ether oxygens (including phenoxy) is 1. The van der Waals surface area contributed by atoms with Crippen LogP contribution in [0.15, 0.2) is 12.4 Å². The normalized spacial score (nSPS) is 13.1. The third-order valence-corrected chi connectivity index (χ3v) is 1.93. The summed E-state index contributed by atoms with van der Waals surface area (Å²) in [7, 11) is 1.72. The highest BCUT2D eigenvalue weighted by Crippen LogP contribution is 1.93. The van der Waals surface area contributed by atoms with E-state index < -0.39 is 0 Å². The van der Waals surface area contributed by atoms with Crippen molar-refractivity contribution in [2.24, 2.45) is 0 Å². The number of nitrogens with one attached hydrogen (secondary N) is 2. The van der Waals surface area contributed by atoms with E-state index >= 15 is 0 Å². The second-order valence-electron chi connectivity index (χ2n) is 3.10. The molecule has 74 valence electrons. The number of imidazole rings is 1. The van der Waals surface area contributed by atoms with Gasteiger partial charge in [-0.1, -0.05) is 0 Å². The van der Waals surface area contributed by atoms with Crippen molar-refractivity contribution in [2.45, 2.75) is 25.9 Å². The fourth-order valence-corrected chi connectivity index (χ4v) is 1.06. The van der Waals surface area contributed by atoms with Gasteiger partial charge in [0.15, 0.2) is 0 Å². The summed E-state index contributed by atoms with van der Waals surface area (Å²) in [5.74, 6) is 0.976. The first-order valence-corrected chi connectivity index (χ1v) is 4.53. The molecule has 0 spiro atoms. The van der Waals surface area contributed by atoms with Crippen molar-refractivity contribution < 1.29 is 4.74 Å². The van der Waals surface area contributed by atoms with Gasteiger partial charge in [0.1, 0.15) is 5.82 Å². The summed E-state index contributed by atoms with van der Waals surface area (Å²) in [6.45, 7) is 3.73. The lowest BCUT2D eigenvalue weighted by Gasteiger charge is -2.11. The Morgan fingerprint density at radius 2 is 2.54 bits per heavy atom. The molecule has 0 radical (unpaired) electrons. The van der Waals surface area contributed by atoms with Gasteiger partial charge in [-0.25, -0.2) is 4.98 Å². The molecule has 0 aromatic carbocycles. The van der Waals surface area contributed by atoms with Gasteiger partial charge in [-0.15, -0.1) is 0 Å². The maximum Gasteiger partial charge on any atom is 0.120 e. The van der Waals surface area contributed by atoms with Crippen LogP contribution in [0.25, 0.3) is 0 Å². The van der Waals surface area contributed by atoms with E-state index in [9.17, 15) is 0 Å². The van der Waals surface area contributed by atoms with E-state index in [-0.39, 0.29) is 0 Å². The predicted molar refractivity (Wildman–Crippen MR) is 51.4 cm³/mol. The molecule has 4 nitrogen and oxygen atoms in total. The van der Waals surface area contributed by atoms with Crippen LogP contribution in [0.1, 0.15) is 19.2 Å². The van der Waals surface area contributed by atoms with Crippen molar-refractivity contribution in [1.82, 2.24) is 15.3 Å². The summed E-state index contributed by atoms with van der Waals surface area (Å²) in [6.07, 6.45) is 4.62. The first-order valence-electron chi connectivity index (χ1n) is 4.53. The van der Waals surface area contributed by atoms with E-state index in [1.54, 1.807) is 13.3 Å². The Labute approximate surface area is 78.7 Å². The molecule has 0 saturated heterocycles. The Kier molecular flexibility index (Phi) is 4.49. The summed E-state index contributed by atoms with van der Waals surface area (Å²) in [6, 6.07) is 0.463. The zero-order chi connectivity index (χ0) is 9.52. The maximum absolute atomic E-state index is 4.99. The zero-order valence-electron chi connectivity index (χ0n) is 8.21. The Morgan fingerprint density at radius 1 is 1.69 bits per heavy atom. The average molecular weight is 183 g/mol. The van der Waals surface area contributed by atoms with Crippen LogP contribution in [0.3, 0.4) is 0 Å². The van der Waals surface area contributed by atoms with Crippen molar-refractivity contribution in [3.63, 3.8) is 0 Å². The number of nitrogens with zero attached hydrogens (tertiary/aromatic N) is 1. The van der Waals surface area contributed by atoms with Gasteiger partial charge in [-0.2, -0.15) is 0 Å². The minimum atomic E-state index is 0.463. The third-order valence-electron chi connectivity index (χ3n) is 1.93. The number of hydrogen-bond acceptors (Lipinski definition) is 3. The van der Waals surface area contributed by atoms with E-state index in [1.807, 2.05) is 6.20 Å². The van der Waals surface area contributed by atoms with E-state index in [0.29, 0.717) is 6.04 Å². The smallest absolute Gasteiger partial charge is 0.120 e. The molecule has 0 aliphatic rings. The van der Waals surface area contributed by atoms with Crippen LogP contribution in [-0.2, 0) is 11.3 Å². The molecular weight excluding hydrogens is 166 g/mol. The lowest BCUT2D eigenvalue weighted by molar-refractivity contribution is 0.184. The third kappa shape index (κ3) is 4.05. The first-order chi connectivity index (χ1) is 6.33. The van der Waals surface area contributed by atoms with Gasteiger partial charge in [-0.05, 0) is 13.3 Å². The molecule has 0 fully saturated rings. The maximum atomic E-state index is 4.99. The largest absolute Gasteiger partial charge is 0.385 e. The minimum Gasteiger partial charge on any atom is -0.385 e. The molecule has 0 saturated carbocycles. The van der Waals surface area contributed by atoms with E-state index in [4.69, 9.17) is 4.74 Å². The van der Waals surface area contributed by atoms with Gasteiger partial charge in [-0.3, -0.25) is 0 Å². The fraction of sp³-hybridized carbons (Fsp3) is 0.667. The van der Waals surface area contributed by atoms with Gasteiger partial charge in [0, 0.05) is 32.2 Å². The minimum absolute atomic E-state index is 0.463. The number of rotatable bonds is 6. The number of hydrogen-bond donors (Lipinski definition) is 2. The van der Waals surface area contributed by atoms with Gasteiger partial charge < -0.3 is 15.0 Å². The summed E-state index contributed by atoms with van der Waals surface area (Å²) < 4.78 is 4.99. The van der Waals surface area contributed by atoms with Crippen LogP contribution in [0.5, 0.6) is 0 Å². The summed E-state index contributed by atoms with van der Waals surface area (Å²) >= 11 is 0. The lowest BCUT2D eigenvalue weighted by Crippen LogP contribution is -2.27. The van der Waals surface area contributed by atoms with Crippen LogP contribution in [0.4, 0.5) is 0 Å². The van der Waals surface area contributed by atoms with Crippen molar-refractivity contribution in [3.8, 4) is 0 Å². The SMILES string of the molecule is COCCC(C)NCc1ncc[nH]1. The lowest BCUT2D eigenvalue weighted by atomic mass is 10.2. The first kappa shape index (κ1) is 10.2. The summed E-state index contributed by atoms with van der Waals surface area (Å²) in [5, 5.41) is 3.35. The Morgan fingerprint density at radius 3 is 3.15 bits per heavy atom. The predicted octanol–water partition coefficient (Wildman–Crippen LogP) is 0.924. The molecule has 4 heteroatoms. The van der Waals surface area contributed by atoms with Crippen LogP contribution in [-0.4, -0.2) is 29.7 Å². The highest BCUT2D eigenvalue weighted by molar-refractivity contribution is 4.86. The quantitative estimate of drug-likeness (QED) is 0.689. The van der Waals surface area contributed by atoms with Crippen LogP contribution < -0.4 is 5.32 Å². The second-order valence-corrected chi connectivity index (χ2v) is 3.10. The average Bonchev–Trinajstić information content (AvgIpc) is 2.64. The zero-order valence-corrected chi connectivity index (χ0v) is 8.21. The molecule has 2 N–H and O–H groups in total. The number of aromatic amines is 1. The molecule has 1 rings (SSSR count). The standard InChI is InChI=1S/C9H17N3O/c1-8(3-6-13-2)12-7-9-10-4-5-11-9/h4-5,8,12H,3,6-7H2,1-2H3,(H,10,11). The molecule has 1 unspecified atom stereocenters. The van der Waals surface area contributed by atoms with E-state index in [1.165, 1.54) is 0 Å². The number of H-pyrrole nitrogens is 1. The van der Waals surface area contributed by atoms with E-state index in [0.717, 1.165) is 25.4 Å². The fourth-order valence-electron chi connectivity index (χ4n) is 1.06. The van der Waals surface area contributed by atoms with E-state index in [2.05, 4.69) is 22.2 Å². The van der Waals surface area contributed by atoms with Gasteiger partial charge in [0.25, 0.3) is 0 Å². The molecule has 1 aromatic heterocycles. The molecular formula is C9H17N3O. The number of methoxy groups -OCH3 is 1. The second kappa shape index (κ2) is 5.72. The Bertz CT molecular complexity index is 211. The molecule has 0 amide bonds. The molecule has 0 aliphatic carbocycles. The van der Waals surface area contributed by atoms with Crippen LogP contribution in [0, 0.1) is 0 Å². The molecule has 1 heterocycles. The van der Waals surface area contributed by atoms with Gasteiger partial charge in [0.05, 0.1) is 6.54 Å². The summed E-state index contributed by atoms with van der Waals surface area (Å²) in [4.78, 5) is 7.16.